The molecule has 0 spiro atoms. The van der Waals surface area contributed by atoms with Gasteiger partial charge >= 0.3 is 0 Å². The maximum absolute atomic E-state index is 2.52. The molecule has 0 amide bonds. The lowest BCUT2D eigenvalue weighted by Gasteiger charge is -2.30. The number of fused-ring (bicyclic) bond motifs is 11. The third-order valence-corrected chi connectivity index (χ3v) is 13.1. The number of para-hydroxylation sites is 1. The van der Waals surface area contributed by atoms with E-state index in [1.165, 1.54) is 103 Å². The highest BCUT2D eigenvalue weighted by atomic mass is 32.1. The van der Waals surface area contributed by atoms with Gasteiger partial charge in [-0.3, -0.25) is 0 Å². The molecule has 3 heteroatoms. The van der Waals surface area contributed by atoms with E-state index in [1.54, 1.807) is 0 Å². The molecule has 0 radical (unpaired) electrons. The Morgan fingerprint density at radius 1 is 0.500 bits per heavy atom. The first kappa shape index (κ1) is 31.4. The number of hydrogen-bond donors (Lipinski definition) is 0. The predicted molar refractivity (Wildman–Crippen MR) is 233 cm³/mol. The van der Waals surface area contributed by atoms with E-state index in [9.17, 15) is 0 Å². The highest BCUT2D eigenvalue weighted by Crippen LogP contribution is 2.56. The molecule has 1 aliphatic carbocycles. The van der Waals surface area contributed by atoms with Crippen LogP contribution in [0.25, 0.3) is 69.6 Å². The summed E-state index contributed by atoms with van der Waals surface area (Å²) in [4.78, 5) is 2.52. The van der Waals surface area contributed by atoms with Crippen LogP contribution >= 0.6 is 11.3 Å². The van der Waals surface area contributed by atoms with Crippen molar-refractivity contribution in [3.8, 4) is 16.8 Å². The molecule has 0 aliphatic heterocycles. The van der Waals surface area contributed by atoms with E-state index in [0.29, 0.717) is 0 Å². The molecule has 0 fully saturated rings. The Balaban J connectivity index is 1.16. The number of anilines is 3. The lowest BCUT2D eigenvalue weighted by molar-refractivity contribution is 0.660. The zero-order chi connectivity index (χ0) is 36.3. The lowest BCUT2D eigenvalue weighted by atomic mass is 9.81. The molecule has 2 aromatic heterocycles. The highest BCUT2D eigenvalue weighted by molar-refractivity contribution is 7.26. The average Bonchev–Trinajstić information content (AvgIpc) is 3.81. The number of nitrogens with zero attached hydrogens (tertiary/aromatic N) is 2. The van der Waals surface area contributed by atoms with Crippen molar-refractivity contribution in [2.45, 2.75) is 33.1 Å². The highest BCUT2D eigenvalue weighted by Gasteiger charge is 2.38. The van der Waals surface area contributed by atoms with E-state index in [0.717, 1.165) is 5.69 Å². The van der Waals surface area contributed by atoms with Gasteiger partial charge in [-0.15, -0.1) is 11.3 Å². The molecule has 2 heterocycles. The van der Waals surface area contributed by atoms with Gasteiger partial charge in [-0.25, -0.2) is 0 Å². The molecule has 10 aromatic rings. The van der Waals surface area contributed by atoms with Gasteiger partial charge in [0.15, 0.2) is 0 Å². The number of benzene rings is 8. The second-order valence-corrected chi connectivity index (χ2v) is 16.6. The van der Waals surface area contributed by atoms with Crippen molar-refractivity contribution >= 4 is 81.1 Å². The Bertz CT molecular complexity index is 3160. The lowest BCUT2D eigenvalue weighted by Crippen LogP contribution is -2.17. The Kier molecular flexibility index (Phi) is 6.63. The second-order valence-electron chi connectivity index (χ2n) is 15.5. The summed E-state index contributed by atoms with van der Waals surface area (Å²) >= 11 is 1.89. The summed E-state index contributed by atoms with van der Waals surface area (Å²) < 4.78 is 5.07. The fourth-order valence-electron chi connectivity index (χ4n) is 9.25. The Hall–Kier alpha value is -6.16. The van der Waals surface area contributed by atoms with Crippen LogP contribution in [0.15, 0.2) is 158 Å². The second kappa shape index (κ2) is 11.4. The molecule has 0 atom stereocenters. The molecule has 0 bridgehead atoms. The average molecular weight is 711 g/mol. The van der Waals surface area contributed by atoms with Gasteiger partial charge in [-0.1, -0.05) is 122 Å². The summed E-state index contributed by atoms with van der Waals surface area (Å²) in [5.74, 6) is 0. The topological polar surface area (TPSA) is 8.17 Å². The number of thiophene rings is 1. The molecule has 1 aliphatic rings. The van der Waals surface area contributed by atoms with E-state index < -0.39 is 0 Å². The molecular formula is C51H38N2S. The van der Waals surface area contributed by atoms with E-state index in [-0.39, 0.29) is 5.41 Å². The van der Waals surface area contributed by atoms with Gasteiger partial charge in [0, 0.05) is 48.4 Å². The van der Waals surface area contributed by atoms with E-state index in [4.69, 9.17) is 0 Å². The van der Waals surface area contributed by atoms with Crippen LogP contribution in [0.5, 0.6) is 0 Å². The molecule has 8 aromatic carbocycles. The van der Waals surface area contributed by atoms with Gasteiger partial charge in [0.05, 0.1) is 27.1 Å². The minimum atomic E-state index is -0.239. The van der Waals surface area contributed by atoms with Crippen LogP contribution in [0.2, 0.25) is 0 Å². The minimum Gasteiger partial charge on any atom is -0.309 e. The van der Waals surface area contributed by atoms with Gasteiger partial charge in [0.25, 0.3) is 0 Å². The van der Waals surface area contributed by atoms with Gasteiger partial charge in [-0.2, -0.15) is 0 Å². The van der Waals surface area contributed by atoms with Crippen LogP contribution in [-0.2, 0) is 5.41 Å². The first-order valence-corrected chi connectivity index (χ1v) is 19.7. The van der Waals surface area contributed by atoms with Crippen molar-refractivity contribution in [2.24, 2.45) is 0 Å². The molecule has 11 rings (SSSR count). The first-order valence-electron chi connectivity index (χ1n) is 18.9. The first-order chi connectivity index (χ1) is 26.4. The Morgan fingerprint density at radius 2 is 1.19 bits per heavy atom. The third-order valence-electron chi connectivity index (χ3n) is 11.9. The molecule has 0 N–H and O–H groups in total. The fraction of sp³-hybridized carbons (Fsp3) is 0.0980. The Morgan fingerprint density at radius 3 is 2.02 bits per heavy atom. The number of rotatable bonds is 4. The number of aryl methyl sites for hydroxylation is 2. The molecule has 258 valence electrons. The van der Waals surface area contributed by atoms with Crippen molar-refractivity contribution in [1.29, 1.82) is 0 Å². The van der Waals surface area contributed by atoms with E-state index in [1.807, 2.05) is 11.3 Å². The van der Waals surface area contributed by atoms with Crippen LogP contribution in [-0.4, -0.2) is 4.57 Å². The minimum absolute atomic E-state index is 0.239. The van der Waals surface area contributed by atoms with Gasteiger partial charge in [0.2, 0.25) is 0 Å². The largest absolute Gasteiger partial charge is 0.309 e. The quantitative estimate of drug-likeness (QED) is 0.177. The fourth-order valence-corrected chi connectivity index (χ4v) is 10.5. The predicted octanol–water partition coefficient (Wildman–Crippen LogP) is 14.7. The van der Waals surface area contributed by atoms with Gasteiger partial charge in [-0.05, 0) is 102 Å². The van der Waals surface area contributed by atoms with Crippen molar-refractivity contribution in [1.82, 2.24) is 4.57 Å². The maximum Gasteiger partial charge on any atom is 0.0640 e. The monoisotopic (exact) mass is 710 g/mol. The zero-order valence-corrected chi connectivity index (χ0v) is 31.6. The van der Waals surface area contributed by atoms with Crippen LogP contribution < -0.4 is 4.90 Å². The van der Waals surface area contributed by atoms with Gasteiger partial charge < -0.3 is 9.47 Å². The van der Waals surface area contributed by atoms with E-state index >= 15 is 0 Å². The number of aromatic nitrogens is 1. The molecule has 0 saturated heterocycles. The van der Waals surface area contributed by atoms with Crippen molar-refractivity contribution in [3.63, 3.8) is 0 Å². The van der Waals surface area contributed by atoms with Crippen molar-refractivity contribution < 1.29 is 0 Å². The standard InChI is InChI=1S/C51H38N2S/c1-31-20-23-33(24-21-31)52(46-18-11-16-39-37-14-8-10-19-48(37)54-50(39)46)47-30-43-49(38-15-6-5-12-35(38)47)40-26-25-34(29-42(40)51(43,3)4)53-44-17-9-7-13-36(44)41-28-32(2)22-27-45(41)53/h5-30H,1-4H3. The molecule has 2 nitrogen and oxygen atoms in total. The van der Waals surface area contributed by atoms with Gasteiger partial charge in [0.1, 0.15) is 0 Å². The summed E-state index contributed by atoms with van der Waals surface area (Å²) in [5, 5.41) is 7.75. The Labute approximate surface area is 319 Å². The summed E-state index contributed by atoms with van der Waals surface area (Å²) in [6, 6.07) is 59.1. The maximum atomic E-state index is 2.52. The third kappa shape index (κ3) is 4.39. The summed E-state index contributed by atoms with van der Waals surface area (Å²) in [6.45, 7) is 9.18. The molecule has 0 saturated carbocycles. The molecular weight excluding hydrogens is 673 g/mol. The van der Waals surface area contributed by atoms with Crippen LogP contribution in [0.4, 0.5) is 17.1 Å². The van der Waals surface area contributed by atoms with Crippen LogP contribution in [0.1, 0.15) is 36.1 Å². The van der Waals surface area contributed by atoms with Crippen molar-refractivity contribution in [2.75, 3.05) is 4.90 Å². The van der Waals surface area contributed by atoms with Crippen molar-refractivity contribution in [3.05, 3.63) is 180 Å². The SMILES string of the molecule is Cc1ccc(N(c2cc3c(c4ccccc24)-c2ccc(-n4c5ccccc5c5cc(C)ccc54)cc2C3(C)C)c2cccc3c2sc2ccccc23)cc1. The normalized spacial score (nSPS) is 13.3. The summed E-state index contributed by atoms with van der Waals surface area (Å²) in [6.07, 6.45) is 0. The zero-order valence-electron chi connectivity index (χ0n) is 30.8. The smallest absolute Gasteiger partial charge is 0.0640 e. The number of hydrogen-bond acceptors (Lipinski definition) is 2. The molecule has 54 heavy (non-hydrogen) atoms. The summed E-state index contributed by atoms with van der Waals surface area (Å²) in [7, 11) is 0. The van der Waals surface area contributed by atoms with Crippen LogP contribution in [0, 0.1) is 13.8 Å². The molecule has 0 unspecified atom stereocenters. The van der Waals surface area contributed by atoms with Crippen LogP contribution in [0.3, 0.4) is 0 Å². The summed E-state index contributed by atoms with van der Waals surface area (Å²) in [5.41, 5.74) is 15.0. The van der Waals surface area contributed by atoms with E-state index in [2.05, 4.69) is 195 Å².